The molecule has 0 aromatic heterocycles. The average molecular weight is 545 g/mol. The molecule has 0 bridgehead atoms. The van der Waals surface area contributed by atoms with Crippen molar-refractivity contribution in [1.82, 2.24) is 0 Å². The van der Waals surface area contributed by atoms with Crippen LogP contribution in [0.3, 0.4) is 0 Å². The van der Waals surface area contributed by atoms with Crippen molar-refractivity contribution in [3.63, 3.8) is 0 Å². The summed E-state index contributed by atoms with van der Waals surface area (Å²) in [6.45, 7) is 0. The molecule has 2 rings (SSSR count). The first-order valence-electron chi connectivity index (χ1n) is 5.85. The van der Waals surface area contributed by atoms with Crippen LogP contribution in [0.25, 0.3) is 0 Å². The van der Waals surface area contributed by atoms with Crippen LogP contribution in [0.1, 0.15) is 11.1 Å². The summed E-state index contributed by atoms with van der Waals surface area (Å²) in [5, 5.41) is 0. The summed E-state index contributed by atoms with van der Waals surface area (Å²) in [5.74, 6) is 0. The van der Waals surface area contributed by atoms with E-state index in [0.29, 0.717) is 0 Å². The molecule has 0 saturated heterocycles. The molecule has 0 amide bonds. The molecule has 0 N–H and O–H groups in total. The number of rotatable bonds is 3. The molecule has 0 atom stereocenters. The van der Waals surface area contributed by atoms with Crippen LogP contribution in [0.4, 0.5) is 26.3 Å². The Balaban J connectivity index is 1.98. The minimum absolute atomic E-state index is 0.650. The van der Waals surface area contributed by atoms with Crippen molar-refractivity contribution in [2.75, 3.05) is 0 Å². The number of hydrogen-bond acceptors (Lipinski definition) is 0. The molecular formula is C14H8F6Te2. The van der Waals surface area contributed by atoms with Crippen molar-refractivity contribution >= 4 is 41.3 Å². The van der Waals surface area contributed by atoms with Crippen LogP contribution >= 0.6 is 0 Å². The zero-order valence-corrected chi connectivity index (χ0v) is 15.4. The van der Waals surface area contributed by atoms with Crippen molar-refractivity contribution in [2.24, 2.45) is 0 Å². The normalized spacial score (nSPS) is 12.5. The molecule has 0 nitrogen and oxygen atoms in total. The Hall–Kier alpha value is -0.401. The van der Waals surface area contributed by atoms with Crippen molar-refractivity contribution in [1.29, 1.82) is 0 Å². The molecule has 118 valence electrons. The van der Waals surface area contributed by atoms with Gasteiger partial charge in [0.2, 0.25) is 0 Å². The van der Waals surface area contributed by atoms with Gasteiger partial charge in [-0.3, -0.25) is 0 Å². The number of hydrogen-bond donors (Lipinski definition) is 0. The quantitative estimate of drug-likeness (QED) is 0.411. The molecule has 0 aliphatic carbocycles. The van der Waals surface area contributed by atoms with Crippen LogP contribution < -0.4 is 7.22 Å². The van der Waals surface area contributed by atoms with E-state index in [-0.39, 0.29) is 0 Å². The summed E-state index contributed by atoms with van der Waals surface area (Å²) in [6.07, 6.45) is -8.69. The Kier molecular flexibility index (Phi) is 5.72. The fourth-order valence-corrected chi connectivity index (χ4v) is 11.4. The van der Waals surface area contributed by atoms with Gasteiger partial charge in [0, 0.05) is 0 Å². The van der Waals surface area contributed by atoms with Gasteiger partial charge >= 0.3 is 140 Å². The molecule has 2 aromatic rings. The summed E-state index contributed by atoms with van der Waals surface area (Å²) in [4.78, 5) is 0. The molecule has 0 radical (unpaired) electrons. The first-order chi connectivity index (χ1) is 10.2. The van der Waals surface area contributed by atoms with Crippen molar-refractivity contribution < 1.29 is 26.3 Å². The van der Waals surface area contributed by atoms with Gasteiger partial charge in [-0.25, -0.2) is 0 Å². The number of halogens is 6. The van der Waals surface area contributed by atoms with Crippen LogP contribution in [0, 0.1) is 0 Å². The SMILES string of the molecule is FC(F)(F)c1ccc([Te][Te]c2ccc(C(F)(F)F)cc2)cc1. The Bertz CT molecular complexity index is 556. The van der Waals surface area contributed by atoms with Gasteiger partial charge in [0.1, 0.15) is 0 Å². The van der Waals surface area contributed by atoms with Crippen LogP contribution in [-0.4, -0.2) is 34.1 Å². The third-order valence-corrected chi connectivity index (χ3v) is 14.5. The van der Waals surface area contributed by atoms with Gasteiger partial charge in [-0.2, -0.15) is 0 Å². The van der Waals surface area contributed by atoms with Gasteiger partial charge < -0.3 is 0 Å². The maximum absolute atomic E-state index is 12.4. The van der Waals surface area contributed by atoms with Gasteiger partial charge in [-0.1, -0.05) is 0 Å². The van der Waals surface area contributed by atoms with Crippen LogP contribution in [0.15, 0.2) is 48.5 Å². The summed E-state index contributed by atoms with van der Waals surface area (Å²) < 4.78 is 76.4. The monoisotopic (exact) mass is 550 g/mol. The van der Waals surface area contributed by atoms with Crippen LogP contribution in [-0.2, 0) is 12.4 Å². The van der Waals surface area contributed by atoms with Crippen molar-refractivity contribution in [3.8, 4) is 0 Å². The van der Waals surface area contributed by atoms with E-state index in [9.17, 15) is 26.3 Å². The second-order valence-corrected chi connectivity index (χ2v) is 14.2. The van der Waals surface area contributed by atoms with Crippen molar-refractivity contribution in [3.05, 3.63) is 59.7 Å². The van der Waals surface area contributed by atoms with E-state index in [1.54, 1.807) is 0 Å². The molecule has 0 saturated carbocycles. The van der Waals surface area contributed by atoms with Gasteiger partial charge in [0.25, 0.3) is 0 Å². The molecule has 2 aromatic carbocycles. The predicted molar refractivity (Wildman–Crippen MR) is 73.7 cm³/mol. The topological polar surface area (TPSA) is 0 Å². The van der Waals surface area contributed by atoms with E-state index in [1.165, 1.54) is 24.3 Å². The fraction of sp³-hybridized carbons (Fsp3) is 0.143. The van der Waals surface area contributed by atoms with E-state index in [4.69, 9.17) is 0 Å². The summed E-state index contributed by atoms with van der Waals surface area (Å²) in [5.41, 5.74) is -1.36. The van der Waals surface area contributed by atoms with Crippen LogP contribution in [0.2, 0.25) is 0 Å². The third-order valence-electron chi connectivity index (χ3n) is 2.60. The summed E-state index contributed by atoms with van der Waals surface area (Å²) in [7, 11) is 0. The molecule has 0 heterocycles. The summed E-state index contributed by atoms with van der Waals surface area (Å²) >= 11 is -1.30. The maximum atomic E-state index is 12.4. The van der Waals surface area contributed by atoms with Gasteiger partial charge in [0.05, 0.1) is 0 Å². The second kappa shape index (κ2) is 7.01. The van der Waals surface area contributed by atoms with Crippen molar-refractivity contribution in [2.45, 2.75) is 12.4 Å². The van der Waals surface area contributed by atoms with E-state index >= 15 is 0 Å². The van der Waals surface area contributed by atoms with E-state index < -0.39 is 57.6 Å². The Labute approximate surface area is 139 Å². The zero-order chi connectivity index (χ0) is 16.4. The third kappa shape index (κ3) is 5.06. The molecular weight excluding hydrogens is 537 g/mol. The molecule has 8 heteroatoms. The Morgan fingerprint density at radius 3 is 1.00 bits per heavy atom. The predicted octanol–water partition coefficient (Wildman–Crippen LogP) is 3.00. The fourth-order valence-electron chi connectivity index (χ4n) is 1.50. The van der Waals surface area contributed by atoms with Crippen LogP contribution in [0.5, 0.6) is 0 Å². The standard InChI is InChI=1S/C14H8F6Te2/c15-13(16,17)9-1-5-11(6-2-9)21-22-12-7-3-10(4-8-12)14(18,19)20/h1-8H. The van der Waals surface area contributed by atoms with Gasteiger partial charge in [-0.15, -0.1) is 0 Å². The molecule has 0 spiro atoms. The van der Waals surface area contributed by atoms with E-state index in [1.807, 2.05) is 0 Å². The molecule has 0 unspecified atom stereocenters. The second-order valence-electron chi connectivity index (χ2n) is 4.21. The number of benzene rings is 2. The Morgan fingerprint density at radius 1 is 0.500 bits per heavy atom. The molecule has 0 fully saturated rings. The molecule has 0 aliphatic rings. The zero-order valence-electron chi connectivity index (χ0n) is 10.7. The molecule has 0 aliphatic heterocycles. The van der Waals surface area contributed by atoms with Gasteiger partial charge in [0.15, 0.2) is 0 Å². The summed E-state index contributed by atoms with van der Waals surface area (Å²) in [6, 6.07) is 10.1. The minimum atomic E-state index is -4.34. The molecule has 22 heavy (non-hydrogen) atoms. The van der Waals surface area contributed by atoms with E-state index in [2.05, 4.69) is 0 Å². The van der Waals surface area contributed by atoms with E-state index in [0.717, 1.165) is 31.5 Å². The van der Waals surface area contributed by atoms with Gasteiger partial charge in [-0.05, 0) is 0 Å². The average Bonchev–Trinajstić information content (AvgIpc) is 2.44. The first kappa shape index (κ1) is 17.9. The Morgan fingerprint density at radius 2 is 0.773 bits per heavy atom. The number of alkyl halides is 6. The first-order valence-corrected chi connectivity index (χ1v) is 15.5.